The Morgan fingerprint density at radius 1 is 1.22 bits per heavy atom. The van der Waals surface area contributed by atoms with Crippen molar-refractivity contribution < 1.29 is 4.74 Å². The molecule has 0 spiro atoms. The molecule has 0 unspecified atom stereocenters. The minimum absolute atomic E-state index is 0.499. The minimum Gasteiger partial charge on any atom is -0.495 e. The molecule has 1 aromatic carbocycles. The van der Waals surface area contributed by atoms with Crippen LogP contribution in [-0.2, 0) is 6.54 Å². The fourth-order valence-corrected chi connectivity index (χ4v) is 1.98. The fraction of sp³-hybridized carbons (Fsp3) is 0.600. The third-order valence-corrected chi connectivity index (χ3v) is 3.06. The summed E-state index contributed by atoms with van der Waals surface area (Å²) in [6.07, 6.45) is 0. The molecule has 1 N–H and O–H groups in total. The second-order valence-corrected chi connectivity index (χ2v) is 4.71. The SMILES string of the molecule is CCN(CC)c1ccc(CNC(C)C)cc1OC. The Morgan fingerprint density at radius 3 is 2.39 bits per heavy atom. The lowest BCUT2D eigenvalue weighted by atomic mass is 10.1. The normalized spacial score (nSPS) is 10.8. The summed E-state index contributed by atoms with van der Waals surface area (Å²) in [6.45, 7) is 11.5. The molecule has 0 atom stereocenters. The summed E-state index contributed by atoms with van der Waals surface area (Å²) >= 11 is 0. The molecule has 0 saturated heterocycles. The summed E-state index contributed by atoms with van der Waals surface area (Å²) in [5, 5.41) is 3.42. The zero-order valence-electron chi connectivity index (χ0n) is 12.3. The molecule has 1 rings (SSSR count). The zero-order chi connectivity index (χ0) is 13.5. The lowest BCUT2D eigenvalue weighted by molar-refractivity contribution is 0.413. The van der Waals surface area contributed by atoms with E-state index in [9.17, 15) is 0 Å². The lowest BCUT2D eigenvalue weighted by Gasteiger charge is -2.24. The molecule has 0 bridgehead atoms. The molecule has 3 heteroatoms. The van der Waals surface area contributed by atoms with Crippen molar-refractivity contribution in [2.24, 2.45) is 0 Å². The van der Waals surface area contributed by atoms with Gasteiger partial charge in [0.25, 0.3) is 0 Å². The first-order valence-corrected chi connectivity index (χ1v) is 6.77. The number of nitrogens with zero attached hydrogens (tertiary/aromatic N) is 1. The van der Waals surface area contributed by atoms with E-state index in [0.29, 0.717) is 6.04 Å². The van der Waals surface area contributed by atoms with Crippen molar-refractivity contribution in [3.8, 4) is 5.75 Å². The largest absolute Gasteiger partial charge is 0.495 e. The van der Waals surface area contributed by atoms with Gasteiger partial charge in [-0.3, -0.25) is 0 Å². The molecule has 0 aromatic heterocycles. The molecular weight excluding hydrogens is 224 g/mol. The first-order valence-electron chi connectivity index (χ1n) is 6.77. The van der Waals surface area contributed by atoms with E-state index in [0.717, 1.165) is 25.4 Å². The number of hydrogen-bond acceptors (Lipinski definition) is 3. The number of hydrogen-bond donors (Lipinski definition) is 1. The molecule has 1 aromatic rings. The van der Waals surface area contributed by atoms with Crippen molar-refractivity contribution in [3.05, 3.63) is 23.8 Å². The summed E-state index contributed by atoms with van der Waals surface area (Å²) in [5.41, 5.74) is 2.44. The second-order valence-electron chi connectivity index (χ2n) is 4.71. The monoisotopic (exact) mass is 250 g/mol. The summed E-state index contributed by atoms with van der Waals surface area (Å²) < 4.78 is 5.51. The Kier molecular flexibility index (Phi) is 5.99. The highest BCUT2D eigenvalue weighted by Crippen LogP contribution is 2.29. The standard InChI is InChI=1S/C15H26N2O/c1-6-17(7-2)14-9-8-13(10-15(14)18-5)11-16-12(3)4/h8-10,12,16H,6-7,11H2,1-5H3. The number of methoxy groups -OCH3 is 1. The third kappa shape index (κ3) is 3.91. The molecule has 18 heavy (non-hydrogen) atoms. The zero-order valence-corrected chi connectivity index (χ0v) is 12.3. The van der Waals surface area contributed by atoms with Gasteiger partial charge in [0.2, 0.25) is 0 Å². The Morgan fingerprint density at radius 2 is 1.89 bits per heavy atom. The van der Waals surface area contributed by atoms with Gasteiger partial charge in [-0.2, -0.15) is 0 Å². The van der Waals surface area contributed by atoms with Gasteiger partial charge in [0.15, 0.2) is 0 Å². The van der Waals surface area contributed by atoms with E-state index in [1.807, 2.05) is 0 Å². The fourth-order valence-electron chi connectivity index (χ4n) is 1.98. The van der Waals surface area contributed by atoms with Crippen molar-refractivity contribution >= 4 is 5.69 Å². The van der Waals surface area contributed by atoms with Crippen LogP contribution in [0.2, 0.25) is 0 Å². The summed E-state index contributed by atoms with van der Waals surface area (Å²) in [7, 11) is 1.74. The van der Waals surface area contributed by atoms with E-state index < -0.39 is 0 Å². The molecular formula is C15H26N2O. The summed E-state index contributed by atoms with van der Waals surface area (Å²) in [4.78, 5) is 2.30. The van der Waals surface area contributed by atoms with Crippen LogP contribution >= 0.6 is 0 Å². The van der Waals surface area contributed by atoms with Crippen molar-refractivity contribution in [3.63, 3.8) is 0 Å². The number of benzene rings is 1. The van der Waals surface area contributed by atoms with Crippen LogP contribution in [0.5, 0.6) is 5.75 Å². The van der Waals surface area contributed by atoms with Gasteiger partial charge in [0, 0.05) is 25.7 Å². The third-order valence-electron chi connectivity index (χ3n) is 3.06. The summed E-state index contributed by atoms with van der Waals surface area (Å²) in [6, 6.07) is 6.95. The van der Waals surface area contributed by atoms with E-state index in [1.54, 1.807) is 7.11 Å². The van der Waals surface area contributed by atoms with Crippen LogP contribution in [-0.4, -0.2) is 26.2 Å². The highest BCUT2D eigenvalue weighted by Gasteiger charge is 2.09. The minimum atomic E-state index is 0.499. The van der Waals surface area contributed by atoms with Crippen molar-refractivity contribution in [1.29, 1.82) is 0 Å². The van der Waals surface area contributed by atoms with Crippen molar-refractivity contribution in [2.45, 2.75) is 40.3 Å². The van der Waals surface area contributed by atoms with E-state index in [1.165, 1.54) is 11.3 Å². The van der Waals surface area contributed by atoms with Crippen LogP contribution in [0.3, 0.4) is 0 Å². The number of anilines is 1. The smallest absolute Gasteiger partial charge is 0.142 e. The maximum absolute atomic E-state index is 5.51. The molecule has 3 nitrogen and oxygen atoms in total. The van der Waals surface area contributed by atoms with Gasteiger partial charge in [-0.05, 0) is 31.5 Å². The molecule has 0 aliphatic carbocycles. The predicted molar refractivity (Wildman–Crippen MR) is 78.5 cm³/mol. The maximum atomic E-state index is 5.51. The number of ether oxygens (including phenoxy) is 1. The highest BCUT2D eigenvalue weighted by molar-refractivity contribution is 5.59. The molecule has 0 heterocycles. The van der Waals surface area contributed by atoms with Gasteiger partial charge in [0.1, 0.15) is 5.75 Å². The average Bonchev–Trinajstić information content (AvgIpc) is 2.38. The van der Waals surface area contributed by atoms with Crippen LogP contribution in [0.4, 0.5) is 5.69 Å². The van der Waals surface area contributed by atoms with Crippen LogP contribution in [0.15, 0.2) is 18.2 Å². The second kappa shape index (κ2) is 7.27. The van der Waals surface area contributed by atoms with Crippen LogP contribution in [0.1, 0.15) is 33.3 Å². The van der Waals surface area contributed by atoms with E-state index in [-0.39, 0.29) is 0 Å². The number of rotatable bonds is 7. The Balaban J connectivity index is 2.88. The molecule has 0 aliphatic rings. The van der Waals surface area contributed by atoms with Gasteiger partial charge in [0.05, 0.1) is 12.8 Å². The predicted octanol–water partition coefficient (Wildman–Crippen LogP) is 3.04. The lowest BCUT2D eigenvalue weighted by Crippen LogP contribution is -2.23. The van der Waals surface area contributed by atoms with Crippen LogP contribution < -0.4 is 15.0 Å². The van der Waals surface area contributed by atoms with E-state index >= 15 is 0 Å². The van der Waals surface area contributed by atoms with Gasteiger partial charge < -0.3 is 15.0 Å². The molecule has 0 saturated carbocycles. The van der Waals surface area contributed by atoms with Gasteiger partial charge >= 0.3 is 0 Å². The molecule has 0 fully saturated rings. The van der Waals surface area contributed by atoms with Gasteiger partial charge in [-0.25, -0.2) is 0 Å². The van der Waals surface area contributed by atoms with Crippen molar-refractivity contribution in [1.82, 2.24) is 5.32 Å². The van der Waals surface area contributed by atoms with Gasteiger partial charge in [-0.15, -0.1) is 0 Å². The molecule has 0 amide bonds. The van der Waals surface area contributed by atoms with Gasteiger partial charge in [-0.1, -0.05) is 19.9 Å². The summed E-state index contributed by atoms with van der Waals surface area (Å²) in [5.74, 6) is 0.960. The molecule has 0 radical (unpaired) electrons. The van der Waals surface area contributed by atoms with E-state index in [4.69, 9.17) is 4.74 Å². The van der Waals surface area contributed by atoms with Crippen LogP contribution in [0, 0.1) is 0 Å². The van der Waals surface area contributed by atoms with Crippen LogP contribution in [0.25, 0.3) is 0 Å². The topological polar surface area (TPSA) is 24.5 Å². The Bertz CT molecular complexity index is 360. The van der Waals surface area contributed by atoms with E-state index in [2.05, 4.69) is 56.1 Å². The quantitative estimate of drug-likeness (QED) is 0.805. The first kappa shape index (κ1) is 14.8. The Hall–Kier alpha value is -1.22. The first-order chi connectivity index (χ1) is 8.62. The maximum Gasteiger partial charge on any atom is 0.142 e. The number of nitrogens with one attached hydrogen (secondary N) is 1. The average molecular weight is 250 g/mol. The molecule has 0 aliphatic heterocycles. The van der Waals surface area contributed by atoms with Crippen molar-refractivity contribution in [2.75, 3.05) is 25.1 Å². The molecule has 102 valence electrons. The Labute approximate surface area is 111 Å². The highest BCUT2D eigenvalue weighted by atomic mass is 16.5.